The second kappa shape index (κ2) is 9.07. The highest BCUT2D eigenvalue weighted by molar-refractivity contribution is 7.15. The topological polar surface area (TPSA) is 118 Å². The van der Waals surface area contributed by atoms with E-state index in [4.69, 9.17) is 4.74 Å². The molecule has 32 heavy (non-hydrogen) atoms. The highest BCUT2D eigenvalue weighted by Crippen LogP contribution is 2.28. The van der Waals surface area contributed by atoms with Gasteiger partial charge in [0.25, 0.3) is 0 Å². The van der Waals surface area contributed by atoms with Crippen LogP contribution in [0.4, 0.5) is 15.4 Å². The molecule has 3 amide bonds. The van der Waals surface area contributed by atoms with Gasteiger partial charge in [-0.3, -0.25) is 10.3 Å². The van der Waals surface area contributed by atoms with E-state index in [2.05, 4.69) is 30.9 Å². The van der Waals surface area contributed by atoms with Crippen molar-refractivity contribution in [2.75, 3.05) is 11.9 Å². The van der Waals surface area contributed by atoms with Gasteiger partial charge in [-0.2, -0.15) is 0 Å². The van der Waals surface area contributed by atoms with Crippen LogP contribution in [0.25, 0.3) is 21.7 Å². The minimum absolute atomic E-state index is 0.270. The molecule has 0 unspecified atom stereocenters. The van der Waals surface area contributed by atoms with Crippen LogP contribution in [-0.4, -0.2) is 39.2 Å². The van der Waals surface area contributed by atoms with Crippen molar-refractivity contribution in [3.05, 3.63) is 35.3 Å². The summed E-state index contributed by atoms with van der Waals surface area (Å²) in [6, 6.07) is 7.08. The zero-order chi connectivity index (χ0) is 22.7. The highest BCUT2D eigenvalue weighted by atomic mass is 32.1. The number of aromatic nitrogens is 3. The number of pyridine rings is 1. The number of anilines is 1. The number of rotatable bonds is 6. The molecular weight excluding hydrogens is 428 g/mol. The zero-order valence-corrected chi connectivity index (χ0v) is 19.1. The summed E-state index contributed by atoms with van der Waals surface area (Å²) in [5.41, 5.74) is 1.23. The van der Waals surface area contributed by atoms with Crippen molar-refractivity contribution < 1.29 is 14.3 Å². The lowest BCUT2D eigenvalue weighted by molar-refractivity contribution is 0.0524. The van der Waals surface area contributed by atoms with Crippen LogP contribution in [0.3, 0.4) is 0 Å². The Morgan fingerprint density at radius 1 is 1.12 bits per heavy atom. The fraction of sp³-hybridized carbons (Fsp3) is 0.409. The van der Waals surface area contributed by atoms with Crippen molar-refractivity contribution >= 4 is 40.4 Å². The van der Waals surface area contributed by atoms with Crippen LogP contribution in [0.15, 0.2) is 30.5 Å². The lowest BCUT2D eigenvalue weighted by Gasteiger charge is -2.19. The molecule has 0 atom stereocenters. The quantitative estimate of drug-likeness (QED) is 0.511. The summed E-state index contributed by atoms with van der Waals surface area (Å²) in [5.74, 6) is 1.03. The molecule has 3 aromatic heterocycles. The lowest BCUT2D eigenvalue weighted by atomic mass is 10.2. The fourth-order valence-electron chi connectivity index (χ4n) is 2.89. The van der Waals surface area contributed by atoms with E-state index in [0.717, 1.165) is 9.75 Å². The fourth-order valence-corrected chi connectivity index (χ4v) is 3.79. The molecule has 0 aromatic carbocycles. The molecular formula is C22H26N6O3S. The van der Waals surface area contributed by atoms with E-state index in [0.29, 0.717) is 41.7 Å². The SMILES string of the molecule is CC(C)(C)OC(=O)NCc1ccc(-c2cnc3ccc(NC(=O)NCC4CC4)nc3n2)s1. The predicted octanol–water partition coefficient (Wildman–Crippen LogP) is 4.31. The molecule has 0 spiro atoms. The molecule has 3 N–H and O–H groups in total. The van der Waals surface area contributed by atoms with Gasteiger partial charge in [-0.15, -0.1) is 11.3 Å². The van der Waals surface area contributed by atoms with E-state index in [-0.39, 0.29) is 6.03 Å². The first-order chi connectivity index (χ1) is 15.2. The number of nitrogens with zero attached hydrogens (tertiary/aromatic N) is 3. The van der Waals surface area contributed by atoms with Crippen molar-refractivity contribution in [3.8, 4) is 10.6 Å². The third-order valence-corrected chi connectivity index (χ3v) is 5.72. The van der Waals surface area contributed by atoms with Gasteiger partial charge in [0, 0.05) is 11.4 Å². The molecule has 4 rings (SSSR count). The average Bonchev–Trinajstić information content (AvgIpc) is 3.44. The molecule has 3 heterocycles. The van der Waals surface area contributed by atoms with E-state index >= 15 is 0 Å². The predicted molar refractivity (Wildman–Crippen MR) is 123 cm³/mol. The van der Waals surface area contributed by atoms with Crippen molar-refractivity contribution in [2.45, 2.75) is 45.8 Å². The molecule has 0 aliphatic heterocycles. The molecule has 1 aliphatic carbocycles. The number of nitrogens with one attached hydrogen (secondary N) is 3. The summed E-state index contributed by atoms with van der Waals surface area (Å²) in [6.07, 6.45) is 3.59. The Morgan fingerprint density at radius 2 is 1.94 bits per heavy atom. The number of fused-ring (bicyclic) bond motifs is 1. The molecule has 10 heteroatoms. The van der Waals surface area contributed by atoms with Gasteiger partial charge < -0.3 is 15.4 Å². The summed E-state index contributed by atoms with van der Waals surface area (Å²) < 4.78 is 5.26. The maximum Gasteiger partial charge on any atom is 0.407 e. The normalized spacial score (nSPS) is 13.6. The largest absolute Gasteiger partial charge is 0.444 e. The van der Waals surface area contributed by atoms with Gasteiger partial charge in [0.2, 0.25) is 0 Å². The summed E-state index contributed by atoms with van der Waals surface area (Å²) in [6.45, 7) is 6.52. The van der Waals surface area contributed by atoms with Gasteiger partial charge in [-0.25, -0.2) is 19.6 Å². The molecule has 1 aliphatic rings. The van der Waals surface area contributed by atoms with Gasteiger partial charge in [0.1, 0.15) is 22.6 Å². The first-order valence-electron chi connectivity index (χ1n) is 10.5. The van der Waals surface area contributed by atoms with Gasteiger partial charge in [0.05, 0.1) is 17.6 Å². The molecule has 0 radical (unpaired) electrons. The first-order valence-corrected chi connectivity index (χ1v) is 11.3. The van der Waals surface area contributed by atoms with Crippen molar-refractivity contribution in [1.82, 2.24) is 25.6 Å². The lowest BCUT2D eigenvalue weighted by Crippen LogP contribution is -2.31. The van der Waals surface area contributed by atoms with E-state index in [1.807, 2.05) is 32.9 Å². The number of hydrogen-bond donors (Lipinski definition) is 3. The van der Waals surface area contributed by atoms with Crippen LogP contribution in [0.2, 0.25) is 0 Å². The number of ether oxygens (including phenoxy) is 1. The number of urea groups is 1. The molecule has 168 valence electrons. The van der Waals surface area contributed by atoms with Crippen LogP contribution in [-0.2, 0) is 11.3 Å². The summed E-state index contributed by atoms with van der Waals surface area (Å²) >= 11 is 1.50. The smallest absolute Gasteiger partial charge is 0.407 e. The highest BCUT2D eigenvalue weighted by Gasteiger charge is 2.21. The Bertz CT molecular complexity index is 1140. The summed E-state index contributed by atoms with van der Waals surface area (Å²) in [5, 5.41) is 8.35. The number of carbonyl (C=O) groups excluding carboxylic acids is 2. The molecule has 9 nitrogen and oxygen atoms in total. The minimum atomic E-state index is -0.538. The van der Waals surface area contributed by atoms with Crippen LogP contribution in [0, 0.1) is 5.92 Å². The second-order valence-electron chi connectivity index (χ2n) is 8.69. The molecule has 0 bridgehead atoms. The number of hydrogen-bond acceptors (Lipinski definition) is 7. The van der Waals surface area contributed by atoms with Crippen molar-refractivity contribution in [2.24, 2.45) is 5.92 Å². The Kier molecular flexibility index (Phi) is 6.22. The Balaban J connectivity index is 1.41. The Morgan fingerprint density at radius 3 is 2.69 bits per heavy atom. The molecule has 1 fully saturated rings. The van der Waals surface area contributed by atoms with Gasteiger partial charge >= 0.3 is 12.1 Å². The average molecular weight is 455 g/mol. The number of carbonyl (C=O) groups is 2. The van der Waals surface area contributed by atoms with Crippen LogP contribution in [0.5, 0.6) is 0 Å². The van der Waals surface area contributed by atoms with Crippen molar-refractivity contribution in [1.29, 1.82) is 0 Å². The maximum atomic E-state index is 12.0. The summed E-state index contributed by atoms with van der Waals surface area (Å²) in [4.78, 5) is 39.2. The third kappa shape index (κ3) is 6.13. The standard InChI is InChI=1S/C22H26N6O3S/c1-22(2,3)31-21(30)25-11-14-6-8-17(32-14)16-12-23-15-7-9-18(27-19(15)26-16)28-20(29)24-10-13-4-5-13/h6-9,12-13H,4-5,10-11H2,1-3H3,(H,25,30)(H2,24,26,27,28,29). The van der Waals surface area contributed by atoms with Crippen LogP contribution >= 0.6 is 11.3 Å². The Hall–Kier alpha value is -3.27. The summed E-state index contributed by atoms with van der Waals surface area (Å²) in [7, 11) is 0. The molecule has 3 aromatic rings. The van der Waals surface area contributed by atoms with Gasteiger partial charge in [0.15, 0.2) is 5.65 Å². The molecule has 0 saturated heterocycles. The molecule has 1 saturated carbocycles. The van der Waals surface area contributed by atoms with Crippen LogP contribution in [0.1, 0.15) is 38.5 Å². The number of thiophene rings is 1. The Labute approximate surface area is 190 Å². The number of alkyl carbamates (subject to hydrolysis) is 1. The minimum Gasteiger partial charge on any atom is -0.444 e. The van der Waals surface area contributed by atoms with Gasteiger partial charge in [-0.1, -0.05) is 0 Å². The van der Waals surface area contributed by atoms with E-state index in [1.165, 1.54) is 24.2 Å². The van der Waals surface area contributed by atoms with E-state index in [1.54, 1.807) is 18.3 Å². The first kappa shape index (κ1) is 21.9. The second-order valence-corrected chi connectivity index (χ2v) is 9.86. The maximum absolute atomic E-state index is 12.0. The number of amides is 3. The monoisotopic (exact) mass is 454 g/mol. The van der Waals surface area contributed by atoms with Crippen LogP contribution < -0.4 is 16.0 Å². The van der Waals surface area contributed by atoms with Crippen molar-refractivity contribution in [3.63, 3.8) is 0 Å². The van der Waals surface area contributed by atoms with E-state index < -0.39 is 11.7 Å². The van der Waals surface area contributed by atoms with Gasteiger partial charge in [-0.05, 0) is 63.8 Å². The zero-order valence-electron chi connectivity index (χ0n) is 18.3. The third-order valence-electron chi connectivity index (χ3n) is 4.62. The van der Waals surface area contributed by atoms with E-state index in [9.17, 15) is 9.59 Å².